The summed E-state index contributed by atoms with van der Waals surface area (Å²) < 4.78 is 16.1. The van der Waals surface area contributed by atoms with Crippen LogP contribution in [-0.4, -0.2) is 68.3 Å². The SMILES string of the molecule is COc1cc(/C=C/C(=O)N2CCN(c3nc4cccnc4s3)CC2)cc(OC)c1OC. The van der Waals surface area contributed by atoms with E-state index >= 15 is 0 Å². The van der Waals surface area contributed by atoms with E-state index in [1.165, 1.54) is 0 Å². The van der Waals surface area contributed by atoms with Crippen molar-refractivity contribution in [1.82, 2.24) is 14.9 Å². The highest BCUT2D eigenvalue weighted by Crippen LogP contribution is 2.38. The molecule has 3 heterocycles. The number of benzene rings is 1. The number of hydrogen-bond acceptors (Lipinski definition) is 8. The first-order chi connectivity index (χ1) is 15.1. The van der Waals surface area contributed by atoms with E-state index < -0.39 is 0 Å². The zero-order chi connectivity index (χ0) is 21.8. The van der Waals surface area contributed by atoms with Gasteiger partial charge in [0.15, 0.2) is 16.6 Å². The molecule has 8 nitrogen and oxygen atoms in total. The van der Waals surface area contributed by atoms with Crippen LogP contribution < -0.4 is 19.1 Å². The molecule has 0 saturated carbocycles. The van der Waals surface area contributed by atoms with Crippen LogP contribution in [0.15, 0.2) is 36.5 Å². The topological polar surface area (TPSA) is 77.0 Å². The fraction of sp³-hybridized carbons (Fsp3) is 0.318. The number of thiazole rings is 1. The van der Waals surface area contributed by atoms with Crippen LogP contribution in [0.25, 0.3) is 16.4 Å². The third-order valence-corrected chi connectivity index (χ3v) is 6.16. The van der Waals surface area contributed by atoms with Gasteiger partial charge in [0.25, 0.3) is 0 Å². The first-order valence-corrected chi connectivity index (χ1v) is 10.7. The Morgan fingerprint density at radius 3 is 2.39 bits per heavy atom. The number of nitrogens with zero attached hydrogens (tertiary/aromatic N) is 4. The molecule has 31 heavy (non-hydrogen) atoms. The number of anilines is 1. The van der Waals surface area contributed by atoms with Crippen molar-refractivity contribution in [2.24, 2.45) is 0 Å². The number of carbonyl (C=O) groups excluding carboxylic acids is 1. The van der Waals surface area contributed by atoms with Crippen molar-refractivity contribution in [3.05, 3.63) is 42.1 Å². The maximum Gasteiger partial charge on any atom is 0.246 e. The Balaban J connectivity index is 1.40. The van der Waals surface area contributed by atoms with E-state index in [2.05, 4.69) is 14.9 Å². The van der Waals surface area contributed by atoms with Gasteiger partial charge in [0.05, 0.1) is 21.3 Å². The van der Waals surface area contributed by atoms with E-state index in [0.29, 0.717) is 30.3 Å². The molecule has 0 atom stereocenters. The normalized spacial score (nSPS) is 14.3. The summed E-state index contributed by atoms with van der Waals surface area (Å²) in [7, 11) is 4.69. The summed E-state index contributed by atoms with van der Waals surface area (Å²) in [5, 5.41) is 0.953. The molecule has 1 aliphatic heterocycles. The van der Waals surface area contributed by atoms with Crippen LogP contribution in [-0.2, 0) is 4.79 Å². The molecule has 4 rings (SSSR count). The van der Waals surface area contributed by atoms with Gasteiger partial charge in [-0.2, -0.15) is 0 Å². The lowest BCUT2D eigenvalue weighted by Gasteiger charge is -2.34. The van der Waals surface area contributed by atoms with Gasteiger partial charge in [0, 0.05) is 38.5 Å². The molecule has 2 aromatic heterocycles. The quantitative estimate of drug-likeness (QED) is 0.545. The van der Waals surface area contributed by atoms with Crippen LogP contribution >= 0.6 is 11.3 Å². The van der Waals surface area contributed by atoms with Crippen LogP contribution in [0.4, 0.5) is 5.13 Å². The van der Waals surface area contributed by atoms with Crippen LogP contribution in [0.3, 0.4) is 0 Å². The minimum atomic E-state index is -0.0284. The Labute approximate surface area is 184 Å². The number of rotatable bonds is 6. The molecule has 1 saturated heterocycles. The fourth-order valence-electron chi connectivity index (χ4n) is 3.48. The van der Waals surface area contributed by atoms with Crippen molar-refractivity contribution in [2.45, 2.75) is 0 Å². The second-order valence-corrected chi connectivity index (χ2v) is 7.88. The van der Waals surface area contributed by atoms with E-state index in [1.54, 1.807) is 51.0 Å². The highest BCUT2D eigenvalue weighted by molar-refractivity contribution is 7.21. The van der Waals surface area contributed by atoms with Crippen LogP contribution in [0.5, 0.6) is 17.2 Å². The van der Waals surface area contributed by atoms with Gasteiger partial charge in [-0.05, 0) is 35.9 Å². The minimum absolute atomic E-state index is 0.0284. The van der Waals surface area contributed by atoms with Gasteiger partial charge in [-0.15, -0.1) is 0 Å². The number of carbonyl (C=O) groups is 1. The Morgan fingerprint density at radius 2 is 1.77 bits per heavy atom. The third kappa shape index (κ3) is 4.41. The Bertz CT molecular complexity index is 1050. The molecule has 0 N–H and O–H groups in total. The summed E-state index contributed by atoms with van der Waals surface area (Å²) in [6, 6.07) is 7.48. The van der Waals surface area contributed by atoms with E-state index in [-0.39, 0.29) is 5.91 Å². The van der Waals surface area contributed by atoms with Crippen molar-refractivity contribution in [3.63, 3.8) is 0 Å². The van der Waals surface area contributed by atoms with Gasteiger partial charge in [-0.1, -0.05) is 11.3 Å². The number of pyridine rings is 1. The zero-order valence-electron chi connectivity index (χ0n) is 17.7. The lowest BCUT2D eigenvalue weighted by atomic mass is 10.1. The van der Waals surface area contributed by atoms with E-state index in [1.807, 2.05) is 29.2 Å². The van der Waals surface area contributed by atoms with Crippen molar-refractivity contribution in [3.8, 4) is 17.2 Å². The fourth-order valence-corrected chi connectivity index (χ4v) is 4.44. The van der Waals surface area contributed by atoms with Gasteiger partial charge in [-0.3, -0.25) is 4.79 Å². The molecule has 0 bridgehead atoms. The first-order valence-electron chi connectivity index (χ1n) is 9.86. The summed E-state index contributed by atoms with van der Waals surface area (Å²) >= 11 is 1.58. The zero-order valence-corrected chi connectivity index (χ0v) is 18.5. The molecule has 0 radical (unpaired) electrons. The van der Waals surface area contributed by atoms with Crippen molar-refractivity contribution < 1.29 is 19.0 Å². The molecule has 9 heteroatoms. The molecule has 1 aliphatic rings. The maximum atomic E-state index is 12.7. The standard InChI is InChI=1S/C22H24N4O4S/c1-28-17-13-15(14-18(29-2)20(17)30-3)6-7-19(27)25-9-11-26(12-10-25)22-24-16-5-4-8-23-21(16)31-22/h4-8,13-14H,9-12H2,1-3H3/b7-6+. The smallest absolute Gasteiger partial charge is 0.246 e. The van der Waals surface area contributed by atoms with Crippen molar-refractivity contribution in [2.75, 3.05) is 52.4 Å². The lowest BCUT2D eigenvalue weighted by molar-refractivity contribution is -0.126. The van der Waals surface area contributed by atoms with Crippen molar-refractivity contribution >= 4 is 38.8 Å². The summed E-state index contributed by atoms with van der Waals surface area (Å²) in [6.45, 7) is 2.76. The van der Waals surface area contributed by atoms with Crippen LogP contribution in [0.2, 0.25) is 0 Å². The molecule has 1 fully saturated rings. The van der Waals surface area contributed by atoms with Gasteiger partial charge < -0.3 is 24.0 Å². The molecule has 162 valence electrons. The Hall–Kier alpha value is -3.33. The predicted octanol–water partition coefficient (Wildman–Crippen LogP) is 3.08. The highest BCUT2D eigenvalue weighted by Gasteiger charge is 2.22. The highest BCUT2D eigenvalue weighted by atomic mass is 32.1. The van der Waals surface area contributed by atoms with Gasteiger partial charge in [0.1, 0.15) is 10.3 Å². The number of fused-ring (bicyclic) bond motifs is 1. The molecular weight excluding hydrogens is 416 g/mol. The largest absolute Gasteiger partial charge is 0.493 e. The molecule has 0 unspecified atom stereocenters. The summed E-state index contributed by atoms with van der Waals surface area (Å²) in [6.07, 6.45) is 5.12. The van der Waals surface area contributed by atoms with Gasteiger partial charge in [-0.25, -0.2) is 9.97 Å². The number of ether oxygens (including phenoxy) is 3. The van der Waals surface area contributed by atoms with E-state index in [0.717, 1.165) is 34.1 Å². The number of aromatic nitrogens is 2. The van der Waals surface area contributed by atoms with Gasteiger partial charge in [0.2, 0.25) is 11.7 Å². The number of hydrogen-bond donors (Lipinski definition) is 0. The Morgan fingerprint density at radius 1 is 1.06 bits per heavy atom. The number of methoxy groups -OCH3 is 3. The predicted molar refractivity (Wildman–Crippen MR) is 121 cm³/mol. The molecular formula is C22H24N4O4S. The average Bonchev–Trinajstić information content (AvgIpc) is 3.26. The monoisotopic (exact) mass is 440 g/mol. The molecule has 3 aromatic rings. The first kappa shape index (κ1) is 20.9. The van der Waals surface area contributed by atoms with Gasteiger partial charge >= 0.3 is 0 Å². The van der Waals surface area contributed by atoms with E-state index in [4.69, 9.17) is 14.2 Å². The summed E-state index contributed by atoms with van der Waals surface area (Å²) in [5.74, 6) is 1.59. The lowest BCUT2D eigenvalue weighted by Crippen LogP contribution is -2.48. The van der Waals surface area contributed by atoms with Crippen LogP contribution in [0.1, 0.15) is 5.56 Å². The molecule has 0 spiro atoms. The van der Waals surface area contributed by atoms with Crippen LogP contribution in [0, 0.1) is 0 Å². The average molecular weight is 441 g/mol. The van der Waals surface area contributed by atoms with E-state index in [9.17, 15) is 4.79 Å². The summed E-state index contributed by atoms with van der Waals surface area (Å²) in [4.78, 5) is 26.7. The second-order valence-electron chi connectivity index (χ2n) is 6.93. The molecule has 0 aliphatic carbocycles. The number of amides is 1. The van der Waals surface area contributed by atoms with Crippen molar-refractivity contribution in [1.29, 1.82) is 0 Å². The molecule has 1 amide bonds. The number of piperazine rings is 1. The minimum Gasteiger partial charge on any atom is -0.493 e. The Kier molecular flexibility index (Phi) is 6.22. The maximum absolute atomic E-state index is 12.7. The second kappa shape index (κ2) is 9.22. The summed E-state index contributed by atoms with van der Waals surface area (Å²) in [5.41, 5.74) is 1.71. The molecule has 1 aromatic carbocycles. The third-order valence-electron chi connectivity index (χ3n) is 5.12.